The molecule has 9 rings (SSSR count). The fourth-order valence-electron chi connectivity index (χ4n) is 7.03. The van der Waals surface area contributed by atoms with Crippen LogP contribution in [0.3, 0.4) is 0 Å². The van der Waals surface area contributed by atoms with Gasteiger partial charge in [0.05, 0.1) is 8.07 Å². The van der Waals surface area contributed by atoms with Crippen molar-refractivity contribution in [3.05, 3.63) is 168 Å². The van der Waals surface area contributed by atoms with E-state index in [1.165, 1.54) is 38.9 Å². The molecule has 0 amide bonds. The van der Waals surface area contributed by atoms with Crippen molar-refractivity contribution in [2.45, 2.75) is 52.1 Å². The fraction of sp³-hybridized carbons (Fsp3) is 0.174. The van der Waals surface area contributed by atoms with Crippen LogP contribution in [0.4, 0.5) is 15.8 Å². The van der Waals surface area contributed by atoms with Gasteiger partial charge in [0.2, 0.25) is 5.95 Å². The summed E-state index contributed by atoms with van der Waals surface area (Å²) in [6.07, 6.45) is 1.75. The Bertz CT molecular complexity index is 2620. The first-order valence-corrected chi connectivity index (χ1v) is 22.2. The predicted octanol–water partition coefficient (Wildman–Crippen LogP) is 12.5. The molecule has 0 N–H and O–H groups in total. The molecular weight excluding hydrogens is 880 g/mol. The summed E-state index contributed by atoms with van der Waals surface area (Å²) in [7, 11) is -1.50. The number of aromatic nitrogens is 2. The molecule has 4 heterocycles. The van der Waals surface area contributed by atoms with Crippen molar-refractivity contribution in [2.24, 2.45) is 0 Å². The summed E-state index contributed by atoms with van der Waals surface area (Å²) in [4.78, 5) is 11.8. The predicted molar refractivity (Wildman–Crippen MR) is 224 cm³/mol. The molecule has 0 saturated carbocycles. The van der Waals surface area contributed by atoms with Crippen molar-refractivity contribution in [3.8, 4) is 11.3 Å². The van der Waals surface area contributed by atoms with Crippen LogP contribution < -0.4 is 10.1 Å². The fourth-order valence-corrected chi connectivity index (χ4v) is 9.79. The van der Waals surface area contributed by atoms with E-state index < -0.39 is 19.9 Å². The third-order valence-corrected chi connectivity index (χ3v) is 12.9. The number of hydrogen-bond donors (Lipinski definition) is 0. The maximum Gasteiger partial charge on any atom is 3.00 e. The van der Waals surface area contributed by atoms with Crippen molar-refractivity contribution in [2.75, 3.05) is 4.90 Å². The smallest absolute Gasteiger partial charge is 0.661 e. The van der Waals surface area contributed by atoms with E-state index in [1.807, 2.05) is 68.6 Å². The quantitative estimate of drug-likeness (QED) is 0.0948. The zero-order valence-corrected chi connectivity index (χ0v) is 35.0. The monoisotopic (exact) mass is 921 g/mol. The van der Waals surface area contributed by atoms with E-state index in [9.17, 15) is 4.39 Å². The van der Waals surface area contributed by atoms with Gasteiger partial charge in [-0.25, -0.2) is 4.98 Å². The maximum atomic E-state index is 13.8. The normalized spacial score (nSPS) is 14.2. The molecule has 0 bridgehead atoms. The zero-order valence-electron chi connectivity index (χ0n) is 31.8. The molecule has 0 aliphatic carbocycles. The van der Waals surface area contributed by atoms with Gasteiger partial charge in [-0.1, -0.05) is 110 Å². The van der Waals surface area contributed by atoms with Crippen LogP contribution in [0.1, 0.15) is 44.0 Å². The molecule has 1 atom stereocenters. The number of anilines is 1. The molecule has 270 valence electrons. The van der Waals surface area contributed by atoms with Crippen molar-refractivity contribution < 1.29 is 25.9 Å². The van der Waals surface area contributed by atoms with Gasteiger partial charge in [-0.05, 0) is 62.9 Å². The number of nitrogens with zero attached hydrogens (tertiary/aromatic N) is 4. The van der Waals surface area contributed by atoms with Crippen molar-refractivity contribution in [1.29, 1.82) is 0 Å². The Morgan fingerprint density at radius 3 is 2.33 bits per heavy atom. The molecule has 8 aromatic rings. The van der Waals surface area contributed by atoms with Crippen LogP contribution in [-0.2, 0) is 26.7 Å². The van der Waals surface area contributed by atoms with Gasteiger partial charge in [-0.2, -0.15) is 33.9 Å². The third kappa shape index (κ3) is 7.49. The molecular formula is C46H40FIrN4SSi. The average molecular weight is 921 g/mol. The van der Waals surface area contributed by atoms with Gasteiger partial charge in [0.25, 0.3) is 0 Å². The molecule has 1 unspecified atom stereocenters. The number of hydrogen-bond acceptors (Lipinski definition) is 4. The first kappa shape index (κ1) is 36.3. The molecule has 1 aliphatic rings. The Balaban J connectivity index is 0.000000191. The number of benzene rings is 5. The van der Waals surface area contributed by atoms with Crippen LogP contribution in [0.2, 0.25) is 19.6 Å². The minimum absolute atomic E-state index is 0. The summed E-state index contributed by atoms with van der Waals surface area (Å²) in [5, 5.41) is 10.9. The number of rotatable bonds is 6. The molecule has 4 nitrogen and oxygen atoms in total. The van der Waals surface area contributed by atoms with E-state index in [4.69, 9.17) is 6.69 Å². The first-order valence-electron chi connectivity index (χ1n) is 18.4. The number of halogens is 1. The van der Waals surface area contributed by atoms with Crippen LogP contribution in [0, 0.1) is 18.1 Å². The van der Waals surface area contributed by atoms with Crippen LogP contribution in [0.25, 0.3) is 47.6 Å². The van der Waals surface area contributed by atoms with Crippen molar-refractivity contribution in [1.82, 2.24) is 9.97 Å². The molecule has 0 fully saturated rings. The van der Waals surface area contributed by atoms with E-state index in [0.29, 0.717) is 4.83 Å². The number of fused-ring (bicyclic) bond motifs is 5. The van der Waals surface area contributed by atoms with E-state index in [2.05, 4.69) is 113 Å². The molecule has 8 heteroatoms. The maximum absolute atomic E-state index is 13.8. The van der Waals surface area contributed by atoms with Crippen LogP contribution in [0.5, 0.6) is 0 Å². The van der Waals surface area contributed by atoms with Gasteiger partial charge in [0.15, 0.2) is 0 Å². The first-order chi connectivity index (χ1) is 25.9. The molecule has 3 aromatic heterocycles. The minimum Gasteiger partial charge on any atom is -0.661 e. The SMILES string of the molecule is Fc1ccc2c(n1)sc1c(C3[N-]c4cc5ccccc5cc4N3Cc3ccccc3)[c-]ccc12.[2H]C(C)(C)c1cc(-c2[c-]cccc2)ncc1[Si](C)(C)C.[Ir+3]. The summed E-state index contributed by atoms with van der Waals surface area (Å²) in [6.45, 7) is 11.5. The topological polar surface area (TPSA) is 43.1 Å². The Kier molecular flexibility index (Phi) is 10.4. The summed E-state index contributed by atoms with van der Waals surface area (Å²) >= 11 is 1.51. The van der Waals surface area contributed by atoms with Crippen molar-refractivity contribution in [3.63, 3.8) is 0 Å². The largest absolute Gasteiger partial charge is 3.00 e. The van der Waals surface area contributed by atoms with Gasteiger partial charge in [0.1, 0.15) is 4.83 Å². The molecule has 0 radical (unpaired) electrons. The Morgan fingerprint density at radius 2 is 1.61 bits per heavy atom. The zero-order chi connectivity index (χ0) is 37.6. The second kappa shape index (κ2) is 15.6. The molecule has 1 aliphatic heterocycles. The molecule has 54 heavy (non-hydrogen) atoms. The molecule has 5 aromatic carbocycles. The van der Waals surface area contributed by atoms with Crippen LogP contribution in [0.15, 0.2) is 128 Å². The second-order valence-corrected chi connectivity index (χ2v) is 20.7. The molecule has 0 spiro atoms. The Hall–Kier alpha value is -4.72. The van der Waals surface area contributed by atoms with E-state index >= 15 is 0 Å². The summed E-state index contributed by atoms with van der Waals surface area (Å²) in [5.74, 6) is -1.07. The summed E-state index contributed by atoms with van der Waals surface area (Å²) < 4.78 is 23.3. The van der Waals surface area contributed by atoms with Crippen LogP contribution >= 0.6 is 11.3 Å². The van der Waals surface area contributed by atoms with Gasteiger partial charge in [-0.3, -0.25) is 0 Å². The van der Waals surface area contributed by atoms with Crippen LogP contribution in [-0.4, -0.2) is 18.0 Å². The van der Waals surface area contributed by atoms with E-state index in [-0.39, 0.29) is 26.3 Å². The Morgan fingerprint density at radius 1 is 0.870 bits per heavy atom. The van der Waals surface area contributed by atoms with E-state index in [0.717, 1.165) is 55.8 Å². The van der Waals surface area contributed by atoms with Gasteiger partial charge in [0, 0.05) is 19.8 Å². The number of pyridine rings is 2. The van der Waals surface area contributed by atoms with Gasteiger partial charge in [-0.15, -0.1) is 52.5 Å². The minimum atomic E-state index is -1.50. The standard InChI is InChI=1S/C29H18FN3S.C17H22NSi.Ir/c30-26-14-13-22-21-11-6-12-23(27(21)34-29(22)32-26)28-31-24-15-19-9-4-5-10-20(19)16-25(24)33(28)17-18-7-2-1-3-8-18;1-13(2)15-11-16(14-9-7-6-8-10-14)18-12-17(15)19(3,4)5;/h1-11,13-16,28H,17H2;6-9,11-13H,1-5H3;/q-2;-1;+3/i;13D;. The van der Waals surface area contributed by atoms with Crippen molar-refractivity contribution >= 4 is 67.0 Å². The number of thiophene rings is 1. The van der Waals surface area contributed by atoms with E-state index in [1.54, 1.807) is 0 Å². The third-order valence-electron chi connectivity index (χ3n) is 9.69. The summed E-state index contributed by atoms with van der Waals surface area (Å²) in [5.41, 5.74) is 7.30. The van der Waals surface area contributed by atoms with Gasteiger partial charge < -0.3 is 15.2 Å². The van der Waals surface area contributed by atoms with Gasteiger partial charge >= 0.3 is 20.1 Å². The second-order valence-electron chi connectivity index (χ2n) is 14.7. The summed E-state index contributed by atoms with van der Waals surface area (Å²) in [6, 6.07) is 47.1. The molecule has 0 saturated heterocycles. The average Bonchev–Trinajstić information content (AvgIpc) is 3.71. The Labute approximate surface area is 336 Å².